The molecule has 0 radical (unpaired) electrons. The third-order valence-electron chi connectivity index (χ3n) is 2.45. The Kier molecular flexibility index (Phi) is 2.00. The van der Waals surface area contributed by atoms with Gasteiger partial charge in [-0.25, -0.2) is 9.97 Å². The highest BCUT2D eigenvalue weighted by molar-refractivity contribution is 5.27. The van der Waals surface area contributed by atoms with Crippen LogP contribution in [0.25, 0.3) is 0 Å². The summed E-state index contributed by atoms with van der Waals surface area (Å²) in [7, 11) is 0. The maximum absolute atomic E-state index is 4.31. The molecule has 13 heavy (non-hydrogen) atoms. The van der Waals surface area contributed by atoms with Crippen LogP contribution in [0, 0.1) is 6.92 Å². The Hall–Kier alpha value is -1.38. The monoisotopic (exact) mass is 175 g/mol. The Labute approximate surface area is 77.9 Å². The summed E-state index contributed by atoms with van der Waals surface area (Å²) in [5.74, 6) is 0.392. The molecule has 0 saturated heterocycles. The van der Waals surface area contributed by atoms with Gasteiger partial charge in [0.05, 0.1) is 5.69 Å². The number of aryl methyl sites for hydroxylation is 1. The fourth-order valence-corrected chi connectivity index (χ4v) is 1.67. The van der Waals surface area contributed by atoms with Crippen LogP contribution in [0.4, 0.5) is 0 Å². The van der Waals surface area contributed by atoms with Crippen molar-refractivity contribution in [1.29, 1.82) is 0 Å². The molecule has 2 heterocycles. The minimum Gasteiger partial charge on any atom is -0.388 e. The Morgan fingerprint density at radius 1 is 1.46 bits per heavy atom. The molecule has 3 nitrogen and oxygen atoms in total. The number of nitrogens with one attached hydrogen (secondary N) is 1. The summed E-state index contributed by atoms with van der Waals surface area (Å²) in [4.78, 5) is 8.29. The normalized spacial score (nSPS) is 26.0. The summed E-state index contributed by atoms with van der Waals surface area (Å²) in [5, 5.41) is 3.25. The SMILES string of the molecule is Cc1cncnc1C1C=CNC1C. The molecular weight excluding hydrogens is 162 g/mol. The van der Waals surface area contributed by atoms with Crippen LogP contribution < -0.4 is 5.32 Å². The van der Waals surface area contributed by atoms with E-state index in [4.69, 9.17) is 0 Å². The van der Waals surface area contributed by atoms with Crippen molar-refractivity contribution in [3.05, 3.63) is 36.1 Å². The van der Waals surface area contributed by atoms with Gasteiger partial charge in [0.25, 0.3) is 0 Å². The largest absolute Gasteiger partial charge is 0.388 e. The highest BCUT2D eigenvalue weighted by atomic mass is 14.9. The minimum atomic E-state index is 0.392. The fraction of sp³-hybridized carbons (Fsp3) is 0.400. The molecule has 0 bridgehead atoms. The van der Waals surface area contributed by atoms with Crippen molar-refractivity contribution >= 4 is 0 Å². The summed E-state index contributed by atoms with van der Waals surface area (Å²) < 4.78 is 0. The van der Waals surface area contributed by atoms with Crippen molar-refractivity contribution in [3.8, 4) is 0 Å². The summed E-state index contributed by atoms with van der Waals surface area (Å²) in [6.07, 6.45) is 7.62. The molecule has 1 aliphatic heterocycles. The lowest BCUT2D eigenvalue weighted by molar-refractivity contribution is 0.606. The van der Waals surface area contributed by atoms with E-state index >= 15 is 0 Å². The van der Waals surface area contributed by atoms with Crippen LogP contribution in [-0.4, -0.2) is 16.0 Å². The van der Waals surface area contributed by atoms with Crippen LogP contribution in [-0.2, 0) is 0 Å². The second kappa shape index (κ2) is 3.17. The summed E-state index contributed by atoms with van der Waals surface area (Å²) >= 11 is 0. The first-order valence-corrected chi connectivity index (χ1v) is 4.48. The Morgan fingerprint density at radius 2 is 2.31 bits per heavy atom. The molecule has 0 spiro atoms. The van der Waals surface area contributed by atoms with E-state index in [1.807, 2.05) is 19.3 Å². The average Bonchev–Trinajstić information content (AvgIpc) is 2.52. The molecule has 2 rings (SSSR count). The fourth-order valence-electron chi connectivity index (χ4n) is 1.67. The molecule has 68 valence electrons. The predicted molar refractivity (Wildman–Crippen MR) is 51.2 cm³/mol. The third kappa shape index (κ3) is 1.41. The van der Waals surface area contributed by atoms with Crippen molar-refractivity contribution in [3.63, 3.8) is 0 Å². The van der Waals surface area contributed by atoms with E-state index in [1.54, 1.807) is 6.33 Å². The zero-order chi connectivity index (χ0) is 9.26. The lowest BCUT2D eigenvalue weighted by atomic mass is 9.97. The van der Waals surface area contributed by atoms with Crippen LogP contribution >= 0.6 is 0 Å². The molecule has 1 aromatic heterocycles. The Morgan fingerprint density at radius 3 is 2.92 bits per heavy atom. The van der Waals surface area contributed by atoms with E-state index in [9.17, 15) is 0 Å². The van der Waals surface area contributed by atoms with Crippen molar-refractivity contribution in [2.45, 2.75) is 25.8 Å². The van der Waals surface area contributed by atoms with Gasteiger partial charge < -0.3 is 5.32 Å². The topological polar surface area (TPSA) is 37.8 Å². The van der Waals surface area contributed by atoms with Crippen LogP contribution in [0.15, 0.2) is 24.8 Å². The Balaban J connectivity index is 2.35. The smallest absolute Gasteiger partial charge is 0.115 e. The number of aromatic nitrogens is 2. The minimum absolute atomic E-state index is 0.392. The lowest BCUT2D eigenvalue weighted by Crippen LogP contribution is -2.22. The molecule has 0 amide bonds. The molecule has 2 unspecified atom stereocenters. The maximum Gasteiger partial charge on any atom is 0.115 e. The van der Waals surface area contributed by atoms with Crippen molar-refractivity contribution in [2.24, 2.45) is 0 Å². The van der Waals surface area contributed by atoms with Gasteiger partial charge in [-0.1, -0.05) is 6.08 Å². The van der Waals surface area contributed by atoms with E-state index in [2.05, 4.69) is 28.3 Å². The van der Waals surface area contributed by atoms with Crippen LogP contribution in [0.2, 0.25) is 0 Å². The molecule has 0 aliphatic carbocycles. The molecule has 0 saturated carbocycles. The van der Waals surface area contributed by atoms with Crippen molar-refractivity contribution in [2.75, 3.05) is 0 Å². The standard InChI is InChI=1S/C10H13N3/c1-7-5-11-6-13-10(7)9-3-4-12-8(9)2/h3-6,8-9,12H,1-2H3. The number of nitrogens with zero attached hydrogens (tertiary/aromatic N) is 2. The summed E-state index contributed by atoms with van der Waals surface area (Å²) in [6.45, 7) is 4.21. The van der Waals surface area contributed by atoms with Crippen molar-refractivity contribution < 1.29 is 0 Å². The van der Waals surface area contributed by atoms with Crippen molar-refractivity contribution in [1.82, 2.24) is 15.3 Å². The molecule has 1 N–H and O–H groups in total. The maximum atomic E-state index is 4.31. The van der Waals surface area contributed by atoms with E-state index in [0.717, 1.165) is 11.3 Å². The summed E-state index contributed by atoms with van der Waals surface area (Å²) in [5.41, 5.74) is 2.29. The number of hydrogen-bond donors (Lipinski definition) is 1. The molecule has 0 fully saturated rings. The van der Waals surface area contributed by atoms with Gasteiger partial charge in [0, 0.05) is 18.2 Å². The van der Waals surface area contributed by atoms with Crippen LogP contribution in [0.5, 0.6) is 0 Å². The quantitative estimate of drug-likeness (QED) is 0.700. The van der Waals surface area contributed by atoms with Crippen LogP contribution in [0.3, 0.4) is 0 Å². The molecule has 0 aromatic carbocycles. The molecular formula is C10H13N3. The van der Waals surface area contributed by atoms with Gasteiger partial charge in [-0.05, 0) is 25.6 Å². The lowest BCUT2D eigenvalue weighted by Gasteiger charge is -2.15. The second-order valence-corrected chi connectivity index (χ2v) is 3.43. The molecule has 1 aliphatic rings. The van der Waals surface area contributed by atoms with Gasteiger partial charge in [-0.15, -0.1) is 0 Å². The molecule has 1 aromatic rings. The van der Waals surface area contributed by atoms with Gasteiger partial charge in [-0.3, -0.25) is 0 Å². The third-order valence-corrected chi connectivity index (χ3v) is 2.45. The van der Waals surface area contributed by atoms with Gasteiger partial charge in [0.15, 0.2) is 0 Å². The molecule has 3 heteroatoms. The second-order valence-electron chi connectivity index (χ2n) is 3.43. The van der Waals surface area contributed by atoms with Gasteiger partial charge in [0.2, 0.25) is 0 Å². The van der Waals surface area contributed by atoms with E-state index in [-0.39, 0.29) is 0 Å². The van der Waals surface area contributed by atoms with E-state index in [1.165, 1.54) is 0 Å². The highest BCUT2D eigenvalue weighted by Gasteiger charge is 2.22. The zero-order valence-electron chi connectivity index (χ0n) is 7.86. The average molecular weight is 175 g/mol. The first-order chi connectivity index (χ1) is 6.29. The van der Waals surface area contributed by atoms with Gasteiger partial charge in [-0.2, -0.15) is 0 Å². The highest BCUT2D eigenvalue weighted by Crippen LogP contribution is 2.24. The zero-order valence-corrected chi connectivity index (χ0v) is 7.86. The van der Waals surface area contributed by atoms with Gasteiger partial charge >= 0.3 is 0 Å². The summed E-state index contributed by atoms with van der Waals surface area (Å²) in [6, 6.07) is 0.439. The number of hydrogen-bond acceptors (Lipinski definition) is 3. The van der Waals surface area contributed by atoms with E-state index in [0.29, 0.717) is 12.0 Å². The number of rotatable bonds is 1. The predicted octanol–water partition coefficient (Wildman–Crippen LogP) is 1.37. The first kappa shape index (κ1) is 8.23. The van der Waals surface area contributed by atoms with Gasteiger partial charge in [0.1, 0.15) is 6.33 Å². The molecule has 2 atom stereocenters. The Bertz CT molecular complexity index is 333. The first-order valence-electron chi connectivity index (χ1n) is 4.48. The van der Waals surface area contributed by atoms with E-state index < -0.39 is 0 Å². The van der Waals surface area contributed by atoms with Crippen LogP contribution in [0.1, 0.15) is 24.1 Å².